The molecule has 0 saturated heterocycles. The molecule has 0 aromatic rings. The second kappa shape index (κ2) is 56.5. The second-order valence-corrected chi connectivity index (χ2v) is 22.3. The van der Waals surface area contributed by atoms with Crippen molar-refractivity contribution in [1.82, 2.24) is 0 Å². The third kappa shape index (κ3) is 57.0. The number of carboxylic acids is 1. The minimum atomic E-state index is -1.51. The van der Waals surface area contributed by atoms with Crippen molar-refractivity contribution in [2.24, 2.45) is 0 Å². The minimum Gasteiger partial charge on any atom is -0.477 e. The van der Waals surface area contributed by atoms with Crippen molar-refractivity contribution in [2.45, 2.75) is 302 Å². The van der Waals surface area contributed by atoms with E-state index in [0.717, 1.165) is 64.2 Å². The van der Waals surface area contributed by atoms with Gasteiger partial charge in [0.2, 0.25) is 0 Å². The molecule has 2 unspecified atom stereocenters. The molecule has 0 aromatic heterocycles. The average Bonchev–Trinajstić information content (AvgIpc) is 3.37. The Hall–Kier alpha value is -2.75. The molecule has 74 heavy (non-hydrogen) atoms. The van der Waals surface area contributed by atoms with Crippen LogP contribution in [-0.2, 0) is 33.3 Å². The van der Waals surface area contributed by atoms with Gasteiger partial charge in [-0.25, -0.2) is 4.79 Å². The van der Waals surface area contributed by atoms with E-state index in [1.54, 1.807) is 0 Å². The van der Waals surface area contributed by atoms with Crippen molar-refractivity contribution in [3.05, 3.63) is 48.6 Å². The number of esters is 2. The zero-order valence-electron chi connectivity index (χ0n) is 49.3. The molecule has 0 fully saturated rings. The monoisotopic (exact) mass is 1040 g/mol. The number of rotatable bonds is 58. The summed E-state index contributed by atoms with van der Waals surface area (Å²) >= 11 is 0. The molecule has 0 rings (SSSR count). The lowest BCUT2D eigenvalue weighted by Crippen LogP contribution is -2.40. The number of nitrogens with zero attached hydrogens (tertiary/aromatic N) is 1. The summed E-state index contributed by atoms with van der Waals surface area (Å²) in [6.45, 7) is 4.81. The van der Waals surface area contributed by atoms with Crippen molar-refractivity contribution < 1.29 is 42.9 Å². The van der Waals surface area contributed by atoms with E-state index < -0.39 is 24.3 Å². The van der Waals surface area contributed by atoms with Crippen LogP contribution in [0.15, 0.2) is 48.6 Å². The van der Waals surface area contributed by atoms with Gasteiger partial charge in [0, 0.05) is 12.8 Å². The third-order valence-electron chi connectivity index (χ3n) is 13.8. The van der Waals surface area contributed by atoms with Crippen LogP contribution in [0.3, 0.4) is 0 Å². The molecule has 432 valence electrons. The lowest BCUT2D eigenvalue weighted by Gasteiger charge is -2.25. The van der Waals surface area contributed by atoms with Gasteiger partial charge in [-0.2, -0.15) is 0 Å². The normalized spacial score (nSPS) is 13.0. The first-order valence-corrected chi connectivity index (χ1v) is 31.3. The van der Waals surface area contributed by atoms with E-state index in [-0.39, 0.29) is 32.2 Å². The Morgan fingerprint density at radius 3 is 1.15 bits per heavy atom. The van der Waals surface area contributed by atoms with Gasteiger partial charge in [0.15, 0.2) is 6.10 Å². The van der Waals surface area contributed by atoms with E-state index in [1.807, 2.05) is 21.1 Å². The molecule has 1 N–H and O–H groups in total. The van der Waals surface area contributed by atoms with Gasteiger partial charge in [0.1, 0.15) is 13.2 Å². The Bertz CT molecular complexity index is 1350. The molecule has 9 nitrogen and oxygen atoms in total. The highest BCUT2D eigenvalue weighted by Crippen LogP contribution is 2.18. The first-order valence-electron chi connectivity index (χ1n) is 31.3. The highest BCUT2D eigenvalue weighted by atomic mass is 16.7. The smallest absolute Gasteiger partial charge is 0.361 e. The fraction of sp³-hybridized carbons (Fsp3) is 0.831. The Labute approximate surface area is 457 Å². The van der Waals surface area contributed by atoms with Crippen LogP contribution in [0, 0.1) is 0 Å². The van der Waals surface area contributed by atoms with Crippen LogP contribution in [0.5, 0.6) is 0 Å². The van der Waals surface area contributed by atoms with Crippen LogP contribution >= 0.6 is 0 Å². The van der Waals surface area contributed by atoms with E-state index in [0.29, 0.717) is 17.4 Å². The van der Waals surface area contributed by atoms with Crippen molar-refractivity contribution in [3.63, 3.8) is 0 Å². The molecule has 0 amide bonds. The summed E-state index contributed by atoms with van der Waals surface area (Å²) in [5.74, 6) is -1.99. The quantitative estimate of drug-likeness (QED) is 0.0211. The van der Waals surface area contributed by atoms with Crippen molar-refractivity contribution in [1.29, 1.82) is 0 Å². The van der Waals surface area contributed by atoms with Gasteiger partial charge < -0.3 is 28.5 Å². The van der Waals surface area contributed by atoms with Gasteiger partial charge in [0.25, 0.3) is 6.29 Å². The lowest BCUT2D eigenvalue weighted by molar-refractivity contribution is -0.870. The van der Waals surface area contributed by atoms with E-state index in [9.17, 15) is 19.5 Å². The van der Waals surface area contributed by atoms with Crippen molar-refractivity contribution in [2.75, 3.05) is 47.5 Å². The first kappa shape index (κ1) is 71.2. The molecule has 0 aromatic carbocycles. The Morgan fingerprint density at radius 1 is 0.419 bits per heavy atom. The zero-order valence-corrected chi connectivity index (χ0v) is 49.3. The van der Waals surface area contributed by atoms with Crippen LogP contribution in [0.4, 0.5) is 0 Å². The fourth-order valence-electron chi connectivity index (χ4n) is 9.07. The summed E-state index contributed by atoms with van der Waals surface area (Å²) < 4.78 is 22.9. The van der Waals surface area contributed by atoms with Crippen LogP contribution < -0.4 is 0 Å². The maximum Gasteiger partial charge on any atom is 0.361 e. The second-order valence-electron chi connectivity index (χ2n) is 22.3. The topological polar surface area (TPSA) is 108 Å². The molecule has 0 saturated carbocycles. The molecule has 0 heterocycles. The number of quaternary nitrogens is 1. The number of carbonyl (C=O) groups excluding carboxylic acids is 2. The van der Waals surface area contributed by atoms with E-state index >= 15 is 0 Å². The van der Waals surface area contributed by atoms with Gasteiger partial charge in [0.05, 0.1) is 34.4 Å². The molecule has 0 bridgehead atoms. The van der Waals surface area contributed by atoms with Gasteiger partial charge in [-0.15, -0.1) is 0 Å². The molecule has 0 radical (unpaired) electrons. The molecule has 9 heteroatoms. The number of unbranched alkanes of at least 4 members (excludes halogenated alkanes) is 35. The summed E-state index contributed by atoms with van der Waals surface area (Å²) in [6.07, 6.45) is 67.7. The van der Waals surface area contributed by atoms with Gasteiger partial charge in [-0.1, -0.05) is 274 Å². The summed E-state index contributed by atoms with van der Waals surface area (Å²) in [4.78, 5) is 37.5. The predicted molar refractivity (Wildman–Crippen MR) is 314 cm³/mol. The minimum absolute atomic E-state index is 0.178. The Kier molecular flexibility index (Phi) is 54.4. The zero-order chi connectivity index (χ0) is 54.1. The van der Waals surface area contributed by atoms with E-state index in [1.165, 1.54) is 199 Å². The SMILES string of the molecule is CC/C=C\C/C=C\C/C=C\C/C=C\CCCCCCCCCCCCCCCCC(=O)OC(COC(=O)CCCCCCCCCCCCCCCCCCCCCCCC)COC(OCC[N+](C)(C)C)C(=O)O. The molecule has 2 atom stereocenters. The largest absolute Gasteiger partial charge is 0.477 e. The fourth-order valence-corrected chi connectivity index (χ4v) is 9.07. The van der Waals surface area contributed by atoms with Crippen LogP contribution in [0.1, 0.15) is 290 Å². The number of hydrogen-bond donors (Lipinski definition) is 1. The molecule has 0 aliphatic heterocycles. The van der Waals surface area contributed by atoms with Gasteiger partial charge in [-0.3, -0.25) is 9.59 Å². The lowest BCUT2D eigenvalue weighted by atomic mass is 10.0. The summed E-state index contributed by atoms with van der Waals surface area (Å²) in [5, 5.41) is 9.72. The van der Waals surface area contributed by atoms with Gasteiger partial charge in [-0.05, 0) is 51.4 Å². The summed E-state index contributed by atoms with van der Waals surface area (Å²) in [5.41, 5.74) is 0. The third-order valence-corrected chi connectivity index (χ3v) is 13.8. The number of likely N-dealkylation sites (N-methyl/N-ethyl adjacent to an activating group) is 1. The maximum absolute atomic E-state index is 12.9. The predicted octanol–water partition coefficient (Wildman–Crippen LogP) is 18.6. The molecular formula is C65H120NO8+. The van der Waals surface area contributed by atoms with Crippen molar-refractivity contribution >= 4 is 17.9 Å². The molecule has 0 aliphatic rings. The molecule has 0 spiro atoms. The maximum atomic E-state index is 12.9. The van der Waals surface area contributed by atoms with Crippen LogP contribution in [0.25, 0.3) is 0 Å². The number of ether oxygens (including phenoxy) is 4. The number of allylic oxidation sites excluding steroid dienone is 8. The Morgan fingerprint density at radius 2 is 0.770 bits per heavy atom. The number of hydrogen-bond acceptors (Lipinski definition) is 7. The number of aliphatic carboxylic acids is 1. The van der Waals surface area contributed by atoms with Crippen LogP contribution in [0.2, 0.25) is 0 Å². The number of carbonyl (C=O) groups is 3. The van der Waals surface area contributed by atoms with E-state index in [4.69, 9.17) is 18.9 Å². The summed E-state index contributed by atoms with van der Waals surface area (Å²) in [7, 11) is 5.98. The Balaban J connectivity index is 4.16. The first-order chi connectivity index (χ1) is 36.1. The van der Waals surface area contributed by atoms with E-state index in [2.05, 4.69) is 62.5 Å². The van der Waals surface area contributed by atoms with Crippen molar-refractivity contribution in [3.8, 4) is 0 Å². The summed E-state index contributed by atoms with van der Waals surface area (Å²) in [6, 6.07) is 0. The van der Waals surface area contributed by atoms with Gasteiger partial charge >= 0.3 is 17.9 Å². The highest BCUT2D eigenvalue weighted by molar-refractivity contribution is 5.71. The van der Waals surface area contributed by atoms with Crippen LogP contribution in [-0.4, -0.2) is 87.4 Å². The standard InChI is InChI=1S/C65H119NO8/c1-6-8-10-12-14-16-18-20-22-24-26-28-30-31-32-33-34-36-38-40-42-44-46-48-50-52-54-56-63(68)74-61(60-73-65(64(69)70)71-58-57-66(3,4)5)59-72-62(67)55-53-51-49-47-45-43-41-39-37-35-29-27-25-23-21-19-17-15-13-11-9-7-2/h8,10,14,16,20,22,26,28,61,65H,6-7,9,11-13,15,17-19,21,23-25,27,29-60H2,1-5H3/p+1/b10-8-,16-14-,22-20-,28-26-. The highest BCUT2D eigenvalue weighted by Gasteiger charge is 2.25. The molecule has 0 aliphatic carbocycles. The average molecular weight is 1040 g/mol. The molecular weight excluding hydrogens is 923 g/mol. The number of carboxylic acid groups (broad SMARTS) is 1.